The van der Waals surface area contributed by atoms with E-state index in [0.717, 1.165) is 50.0 Å². The molecule has 29 heavy (non-hydrogen) atoms. The molecule has 0 spiro atoms. The number of benzene rings is 1. The molecule has 0 radical (unpaired) electrons. The Bertz CT molecular complexity index is 950. The molecule has 0 N–H and O–H groups in total. The summed E-state index contributed by atoms with van der Waals surface area (Å²) in [5.41, 5.74) is 1.61. The number of hydrogen-bond donors (Lipinski definition) is 0. The van der Waals surface area contributed by atoms with Crippen LogP contribution in [-0.4, -0.2) is 29.1 Å². The number of likely N-dealkylation sites (tertiary alicyclic amines) is 1. The second kappa shape index (κ2) is 7.01. The zero-order valence-corrected chi connectivity index (χ0v) is 16.9. The Morgan fingerprint density at radius 2 is 1.72 bits per heavy atom. The van der Waals surface area contributed by atoms with Gasteiger partial charge in [-0.15, -0.1) is 0 Å². The summed E-state index contributed by atoms with van der Waals surface area (Å²) in [6.45, 7) is 7.72. The second-order valence-electron chi connectivity index (χ2n) is 9.05. The van der Waals surface area contributed by atoms with Crippen LogP contribution in [0.3, 0.4) is 0 Å². The van der Waals surface area contributed by atoms with E-state index in [0.29, 0.717) is 6.54 Å². The van der Waals surface area contributed by atoms with Gasteiger partial charge in [0, 0.05) is 37.3 Å². The van der Waals surface area contributed by atoms with Gasteiger partial charge in [0.15, 0.2) is 0 Å². The van der Waals surface area contributed by atoms with Crippen molar-refractivity contribution in [2.24, 2.45) is 5.41 Å². The number of alkyl halides is 3. The number of pyridine rings is 1. The van der Waals surface area contributed by atoms with E-state index in [1.807, 2.05) is 19.2 Å². The Morgan fingerprint density at radius 3 is 2.38 bits per heavy atom. The highest BCUT2D eigenvalue weighted by Crippen LogP contribution is 2.68. The molecule has 1 saturated carbocycles. The predicted molar refractivity (Wildman–Crippen MR) is 107 cm³/mol. The van der Waals surface area contributed by atoms with Gasteiger partial charge in [0.05, 0.1) is 5.56 Å². The van der Waals surface area contributed by atoms with E-state index in [1.54, 1.807) is 22.8 Å². The van der Waals surface area contributed by atoms with Gasteiger partial charge in [-0.3, -0.25) is 4.79 Å². The van der Waals surface area contributed by atoms with Crippen molar-refractivity contribution < 1.29 is 13.2 Å². The number of rotatable bonds is 6. The van der Waals surface area contributed by atoms with E-state index < -0.39 is 11.7 Å². The highest BCUT2D eigenvalue weighted by molar-refractivity contribution is 5.42. The van der Waals surface area contributed by atoms with Crippen molar-refractivity contribution in [2.45, 2.75) is 51.2 Å². The van der Waals surface area contributed by atoms with Gasteiger partial charge in [-0.1, -0.05) is 19.1 Å². The van der Waals surface area contributed by atoms with E-state index in [4.69, 9.17) is 0 Å². The number of unbranched alkanes of at least 4 members (excludes halogenated alkanes) is 1. The molecule has 4 rings (SSSR count). The minimum Gasteiger partial charge on any atom is -0.316 e. The summed E-state index contributed by atoms with van der Waals surface area (Å²) in [5.74, 6) is 0. The van der Waals surface area contributed by atoms with Crippen LogP contribution in [0.1, 0.15) is 42.9 Å². The van der Waals surface area contributed by atoms with Gasteiger partial charge in [0.2, 0.25) is 0 Å². The third-order valence-corrected chi connectivity index (χ3v) is 6.83. The highest BCUT2D eigenvalue weighted by Gasteiger charge is 2.69. The van der Waals surface area contributed by atoms with Crippen LogP contribution >= 0.6 is 0 Å². The van der Waals surface area contributed by atoms with E-state index in [2.05, 4.69) is 11.8 Å². The van der Waals surface area contributed by atoms with Crippen molar-refractivity contribution in [3.63, 3.8) is 0 Å². The first-order valence-corrected chi connectivity index (χ1v) is 10.2. The third-order valence-electron chi connectivity index (χ3n) is 6.83. The molecule has 2 fully saturated rings. The average Bonchev–Trinajstić information content (AvgIpc) is 3.13. The van der Waals surface area contributed by atoms with Gasteiger partial charge in [0.25, 0.3) is 5.56 Å². The molecule has 1 aliphatic carbocycles. The molecule has 1 aromatic carbocycles. The minimum absolute atomic E-state index is 0.00891. The maximum Gasteiger partial charge on any atom is 0.416 e. The molecule has 0 amide bonds. The fourth-order valence-electron chi connectivity index (χ4n) is 5.09. The lowest BCUT2D eigenvalue weighted by Gasteiger charge is -2.21. The van der Waals surface area contributed by atoms with Crippen LogP contribution < -0.4 is 5.56 Å². The van der Waals surface area contributed by atoms with E-state index in [-0.39, 0.29) is 16.4 Å². The molecule has 1 aliphatic heterocycles. The topological polar surface area (TPSA) is 25.2 Å². The molecule has 3 nitrogen and oxygen atoms in total. The lowest BCUT2D eigenvalue weighted by Crippen LogP contribution is -2.28. The van der Waals surface area contributed by atoms with Crippen molar-refractivity contribution in [1.29, 1.82) is 0 Å². The van der Waals surface area contributed by atoms with Crippen molar-refractivity contribution in [1.82, 2.24) is 9.47 Å². The third kappa shape index (κ3) is 3.75. The summed E-state index contributed by atoms with van der Waals surface area (Å²) >= 11 is 0. The first-order valence-electron chi connectivity index (χ1n) is 10.2. The van der Waals surface area contributed by atoms with Crippen molar-refractivity contribution in [3.05, 3.63) is 69.6 Å². The standard InChI is InChI=1S/C23H27F3N2O/c1-17-9-12-28(20(29)13-17)11-4-3-10-27-15-21(2)14-22(21,16-27)18-5-7-19(8-6-18)23(24,25)26/h5-9,12-13H,3-4,10-11,14-16H2,1-2H3/t21-,22+/m0/s1. The van der Waals surface area contributed by atoms with E-state index in [9.17, 15) is 18.0 Å². The molecule has 0 unspecified atom stereocenters. The summed E-state index contributed by atoms with van der Waals surface area (Å²) in [6, 6.07) is 9.37. The lowest BCUT2D eigenvalue weighted by molar-refractivity contribution is -0.137. The fraction of sp³-hybridized carbons (Fsp3) is 0.522. The summed E-state index contributed by atoms with van der Waals surface area (Å²) in [5, 5.41) is 0. The van der Waals surface area contributed by atoms with Crippen LogP contribution in [0.25, 0.3) is 0 Å². The summed E-state index contributed by atoms with van der Waals surface area (Å²) in [7, 11) is 0. The number of fused-ring (bicyclic) bond motifs is 1. The average molecular weight is 404 g/mol. The fourth-order valence-corrected chi connectivity index (χ4v) is 5.09. The van der Waals surface area contributed by atoms with Crippen LogP contribution in [0.5, 0.6) is 0 Å². The van der Waals surface area contributed by atoms with Gasteiger partial charge >= 0.3 is 6.18 Å². The number of piperidine rings is 1. The Balaban J connectivity index is 1.33. The number of halogens is 3. The first-order chi connectivity index (χ1) is 13.6. The number of hydrogen-bond acceptors (Lipinski definition) is 2. The van der Waals surface area contributed by atoms with Gasteiger partial charge in [-0.2, -0.15) is 13.2 Å². The quantitative estimate of drug-likeness (QED) is 0.657. The smallest absolute Gasteiger partial charge is 0.316 e. The molecular weight excluding hydrogens is 377 g/mol. The molecule has 1 aromatic heterocycles. The number of aromatic nitrogens is 1. The Hall–Kier alpha value is -2.08. The van der Waals surface area contributed by atoms with E-state index >= 15 is 0 Å². The molecule has 1 saturated heterocycles. The van der Waals surface area contributed by atoms with Crippen molar-refractivity contribution in [3.8, 4) is 0 Å². The van der Waals surface area contributed by atoms with Crippen LogP contribution in [0, 0.1) is 12.3 Å². The predicted octanol–water partition coefficient (Wildman–Crippen LogP) is 4.62. The van der Waals surface area contributed by atoms with Crippen molar-refractivity contribution in [2.75, 3.05) is 19.6 Å². The maximum absolute atomic E-state index is 12.9. The Morgan fingerprint density at radius 1 is 1.03 bits per heavy atom. The normalized spacial score (nSPS) is 26.5. The molecule has 2 atom stereocenters. The zero-order chi connectivity index (χ0) is 20.9. The maximum atomic E-state index is 12.9. The number of aryl methyl sites for hydroxylation is 2. The number of nitrogens with zero attached hydrogens (tertiary/aromatic N) is 2. The minimum atomic E-state index is -4.29. The van der Waals surface area contributed by atoms with Crippen LogP contribution in [0.15, 0.2) is 47.4 Å². The van der Waals surface area contributed by atoms with Crippen LogP contribution in [-0.2, 0) is 18.1 Å². The summed E-state index contributed by atoms with van der Waals surface area (Å²) < 4.78 is 40.3. The lowest BCUT2D eigenvalue weighted by atomic mass is 9.89. The van der Waals surface area contributed by atoms with Gasteiger partial charge < -0.3 is 9.47 Å². The zero-order valence-electron chi connectivity index (χ0n) is 16.9. The highest BCUT2D eigenvalue weighted by atomic mass is 19.4. The van der Waals surface area contributed by atoms with Crippen LogP contribution in [0.2, 0.25) is 0 Å². The summed E-state index contributed by atoms with van der Waals surface area (Å²) in [4.78, 5) is 14.4. The second-order valence-corrected chi connectivity index (χ2v) is 9.05. The monoisotopic (exact) mass is 404 g/mol. The Labute approximate surface area is 169 Å². The van der Waals surface area contributed by atoms with Crippen molar-refractivity contribution >= 4 is 0 Å². The summed E-state index contributed by atoms with van der Waals surface area (Å²) in [6.07, 6.45) is 0.539. The molecule has 156 valence electrons. The van der Waals surface area contributed by atoms with Crippen LogP contribution in [0.4, 0.5) is 13.2 Å². The molecule has 2 aromatic rings. The Kier molecular flexibility index (Phi) is 4.88. The van der Waals surface area contributed by atoms with Gasteiger partial charge in [0.1, 0.15) is 0 Å². The largest absolute Gasteiger partial charge is 0.416 e. The molecule has 6 heteroatoms. The molecule has 2 aliphatic rings. The molecular formula is C23H27F3N2O. The van der Waals surface area contributed by atoms with E-state index in [1.165, 1.54) is 12.1 Å². The van der Waals surface area contributed by atoms with Gasteiger partial charge in [-0.25, -0.2) is 0 Å². The first kappa shape index (κ1) is 20.2. The SMILES string of the molecule is Cc1ccn(CCCCN2C[C@]3(C)C[C@]3(c3ccc(C(F)(F)F)cc3)C2)c(=O)c1. The molecule has 0 bridgehead atoms. The molecule has 2 heterocycles. The van der Waals surface area contributed by atoms with Gasteiger partial charge in [-0.05, 0) is 67.5 Å².